The number of fused-ring (bicyclic) bond motifs is 5. The Morgan fingerprint density at radius 2 is 2.05 bits per heavy atom. The third-order valence-corrected chi connectivity index (χ3v) is 6.17. The highest BCUT2D eigenvalue weighted by Gasteiger charge is 2.36. The van der Waals surface area contributed by atoms with E-state index in [2.05, 4.69) is 17.6 Å². The van der Waals surface area contributed by atoms with E-state index in [9.17, 15) is 10.2 Å². The van der Waals surface area contributed by atoms with Crippen molar-refractivity contribution in [3.8, 4) is 11.5 Å². The van der Waals surface area contributed by atoms with E-state index in [4.69, 9.17) is 0 Å². The number of aromatic hydroxyl groups is 2. The summed E-state index contributed by atoms with van der Waals surface area (Å²) in [6.07, 6.45) is 4.36. The van der Waals surface area contributed by atoms with Gasteiger partial charge in [-0.25, -0.2) is 0 Å². The van der Waals surface area contributed by atoms with Gasteiger partial charge < -0.3 is 15.5 Å². The maximum Gasteiger partial charge on any atom is 0.157 e. The van der Waals surface area contributed by atoms with Gasteiger partial charge in [0.1, 0.15) is 0 Å². The SMILES string of the molecule is CCCc1scc2c1CNC1CCc3cc(O)c(O)cc3C21. The van der Waals surface area contributed by atoms with Crippen LogP contribution in [0.1, 0.15) is 52.8 Å². The van der Waals surface area contributed by atoms with E-state index in [-0.39, 0.29) is 11.5 Å². The molecule has 0 amide bonds. The van der Waals surface area contributed by atoms with Gasteiger partial charge in [0.05, 0.1) is 0 Å². The minimum absolute atomic E-state index is 0.00168. The van der Waals surface area contributed by atoms with Crippen LogP contribution in [0.2, 0.25) is 0 Å². The van der Waals surface area contributed by atoms with Crippen molar-refractivity contribution in [2.75, 3.05) is 0 Å². The first-order chi connectivity index (χ1) is 10.7. The number of phenols is 2. The van der Waals surface area contributed by atoms with Gasteiger partial charge in [0.2, 0.25) is 0 Å². The Balaban J connectivity index is 1.84. The van der Waals surface area contributed by atoms with Gasteiger partial charge in [-0.3, -0.25) is 0 Å². The van der Waals surface area contributed by atoms with Crippen molar-refractivity contribution in [3.05, 3.63) is 44.6 Å². The standard InChI is InChI=1S/C18H21NO2S/c1-2-3-17-12-8-19-14-5-4-10-6-15(20)16(21)7-11(10)18(14)13(12)9-22-17/h6-7,9,14,18-21H,2-5,8H2,1H3. The Bertz CT molecular complexity index is 722. The van der Waals surface area contributed by atoms with Crippen LogP contribution in [0.5, 0.6) is 11.5 Å². The number of benzene rings is 1. The molecule has 0 fully saturated rings. The van der Waals surface area contributed by atoms with Crippen LogP contribution in [-0.4, -0.2) is 16.3 Å². The van der Waals surface area contributed by atoms with Gasteiger partial charge in [-0.2, -0.15) is 0 Å². The predicted octanol–water partition coefficient (Wildman–Crippen LogP) is 3.66. The van der Waals surface area contributed by atoms with Crippen LogP contribution in [0, 0.1) is 0 Å². The lowest BCUT2D eigenvalue weighted by Gasteiger charge is -2.38. The summed E-state index contributed by atoms with van der Waals surface area (Å²) in [6, 6.07) is 3.96. The summed E-state index contributed by atoms with van der Waals surface area (Å²) < 4.78 is 0. The molecule has 4 heteroatoms. The Labute approximate surface area is 134 Å². The predicted molar refractivity (Wildman–Crippen MR) is 88.9 cm³/mol. The summed E-state index contributed by atoms with van der Waals surface area (Å²) >= 11 is 1.88. The molecule has 0 saturated heterocycles. The number of nitrogens with one attached hydrogen (secondary N) is 1. The third-order valence-electron chi connectivity index (χ3n) is 5.06. The maximum atomic E-state index is 9.94. The lowest BCUT2D eigenvalue weighted by molar-refractivity contribution is 0.380. The summed E-state index contributed by atoms with van der Waals surface area (Å²) in [5.74, 6) is 0.301. The number of hydrogen-bond donors (Lipinski definition) is 3. The number of rotatable bonds is 2. The van der Waals surface area contributed by atoms with Gasteiger partial charge in [-0.15, -0.1) is 11.3 Å². The second-order valence-corrected chi connectivity index (χ2v) is 7.35. The van der Waals surface area contributed by atoms with Crippen molar-refractivity contribution in [1.82, 2.24) is 5.32 Å². The van der Waals surface area contributed by atoms with Gasteiger partial charge in [-0.1, -0.05) is 13.3 Å². The van der Waals surface area contributed by atoms with Crippen molar-refractivity contribution in [1.29, 1.82) is 0 Å². The summed E-state index contributed by atoms with van der Waals surface area (Å²) in [6.45, 7) is 3.19. The fourth-order valence-corrected chi connectivity index (χ4v) is 5.22. The van der Waals surface area contributed by atoms with Crippen LogP contribution < -0.4 is 5.32 Å². The van der Waals surface area contributed by atoms with Crippen molar-refractivity contribution < 1.29 is 10.2 Å². The lowest BCUT2D eigenvalue weighted by Crippen LogP contribution is -2.42. The van der Waals surface area contributed by atoms with Crippen molar-refractivity contribution in [2.24, 2.45) is 0 Å². The molecule has 22 heavy (non-hydrogen) atoms. The maximum absolute atomic E-state index is 9.94. The van der Waals surface area contributed by atoms with E-state index < -0.39 is 0 Å². The largest absolute Gasteiger partial charge is 0.504 e. The first-order valence-corrected chi connectivity index (χ1v) is 8.94. The molecule has 3 N–H and O–H groups in total. The molecule has 0 radical (unpaired) electrons. The zero-order valence-electron chi connectivity index (χ0n) is 12.7. The molecular weight excluding hydrogens is 294 g/mol. The molecule has 0 bridgehead atoms. The summed E-state index contributed by atoms with van der Waals surface area (Å²) in [5.41, 5.74) is 5.26. The minimum Gasteiger partial charge on any atom is -0.504 e. The zero-order valence-corrected chi connectivity index (χ0v) is 13.5. The molecular formula is C18H21NO2S. The topological polar surface area (TPSA) is 52.5 Å². The molecule has 2 aliphatic rings. The van der Waals surface area contributed by atoms with E-state index in [1.807, 2.05) is 11.3 Å². The summed E-state index contributed by atoms with van der Waals surface area (Å²) in [5, 5.41) is 25.7. The summed E-state index contributed by atoms with van der Waals surface area (Å²) in [7, 11) is 0. The first kappa shape index (κ1) is 14.1. The van der Waals surface area contributed by atoms with Gasteiger partial charge in [0.15, 0.2) is 11.5 Å². The fraction of sp³-hybridized carbons (Fsp3) is 0.444. The lowest BCUT2D eigenvalue weighted by atomic mass is 9.73. The number of phenolic OH excluding ortho intramolecular Hbond substituents is 2. The second kappa shape index (κ2) is 5.28. The van der Waals surface area contributed by atoms with Crippen LogP contribution in [0.3, 0.4) is 0 Å². The minimum atomic E-state index is -0.00413. The van der Waals surface area contributed by atoms with E-state index >= 15 is 0 Å². The zero-order chi connectivity index (χ0) is 15.3. The molecule has 0 spiro atoms. The van der Waals surface area contributed by atoms with Crippen LogP contribution in [0.4, 0.5) is 0 Å². The highest BCUT2D eigenvalue weighted by molar-refractivity contribution is 7.10. The molecule has 3 nitrogen and oxygen atoms in total. The molecule has 1 aromatic carbocycles. The van der Waals surface area contributed by atoms with Gasteiger partial charge >= 0.3 is 0 Å². The summed E-state index contributed by atoms with van der Waals surface area (Å²) in [4.78, 5) is 1.50. The van der Waals surface area contributed by atoms with Crippen molar-refractivity contribution in [3.63, 3.8) is 0 Å². The molecule has 2 atom stereocenters. The van der Waals surface area contributed by atoms with Gasteiger partial charge in [0, 0.05) is 23.4 Å². The molecule has 4 rings (SSSR count). The van der Waals surface area contributed by atoms with E-state index in [1.165, 1.54) is 33.6 Å². The number of thiophene rings is 1. The molecule has 116 valence electrons. The Hall–Kier alpha value is -1.52. The molecule has 2 heterocycles. The quantitative estimate of drug-likeness (QED) is 0.741. The van der Waals surface area contributed by atoms with Gasteiger partial charge in [-0.05, 0) is 59.0 Å². The van der Waals surface area contributed by atoms with E-state index in [0.29, 0.717) is 12.0 Å². The molecule has 2 aromatic rings. The van der Waals surface area contributed by atoms with Crippen LogP contribution in [0.25, 0.3) is 0 Å². The van der Waals surface area contributed by atoms with Crippen LogP contribution in [0.15, 0.2) is 17.5 Å². The normalized spacial score (nSPS) is 22.8. The van der Waals surface area contributed by atoms with Gasteiger partial charge in [0.25, 0.3) is 0 Å². The molecule has 1 aliphatic heterocycles. The van der Waals surface area contributed by atoms with Crippen LogP contribution in [-0.2, 0) is 19.4 Å². The highest BCUT2D eigenvalue weighted by atomic mass is 32.1. The molecule has 0 saturated carbocycles. The monoisotopic (exact) mass is 315 g/mol. The van der Waals surface area contributed by atoms with Crippen molar-refractivity contribution in [2.45, 2.75) is 51.1 Å². The Morgan fingerprint density at radius 3 is 2.86 bits per heavy atom. The third kappa shape index (κ3) is 2.05. The molecule has 2 unspecified atom stereocenters. The smallest absolute Gasteiger partial charge is 0.157 e. The number of aryl methyl sites for hydroxylation is 2. The van der Waals surface area contributed by atoms with Crippen molar-refractivity contribution >= 4 is 11.3 Å². The average Bonchev–Trinajstić information content (AvgIpc) is 2.92. The Morgan fingerprint density at radius 1 is 1.23 bits per heavy atom. The molecule has 1 aromatic heterocycles. The number of hydrogen-bond acceptors (Lipinski definition) is 4. The highest BCUT2D eigenvalue weighted by Crippen LogP contribution is 2.46. The van der Waals surface area contributed by atoms with E-state index in [0.717, 1.165) is 25.8 Å². The Kier molecular flexibility index (Phi) is 3.39. The van der Waals surface area contributed by atoms with Crippen LogP contribution >= 0.6 is 11.3 Å². The fourth-order valence-electron chi connectivity index (χ4n) is 4.01. The second-order valence-electron chi connectivity index (χ2n) is 6.39. The average molecular weight is 315 g/mol. The molecule has 1 aliphatic carbocycles. The van der Waals surface area contributed by atoms with E-state index in [1.54, 1.807) is 12.1 Å². The first-order valence-electron chi connectivity index (χ1n) is 8.06.